The van der Waals surface area contributed by atoms with E-state index in [-0.39, 0.29) is 6.42 Å². The maximum Gasteiger partial charge on any atom is 0.310 e. The molecule has 2 rings (SSSR count). The minimum atomic E-state index is -1.58. The Bertz CT molecular complexity index is 464. The Morgan fingerprint density at radius 1 is 1.29 bits per heavy atom. The molecule has 1 fully saturated rings. The summed E-state index contributed by atoms with van der Waals surface area (Å²) in [5.74, 6) is -0.627. The van der Waals surface area contributed by atoms with E-state index in [4.69, 9.17) is 14.6 Å². The Labute approximate surface area is 121 Å². The number of esters is 1. The predicted molar refractivity (Wildman–Crippen MR) is 70.0 cm³/mol. The lowest BCUT2D eigenvalue weighted by molar-refractivity contribution is -0.161. The van der Waals surface area contributed by atoms with Gasteiger partial charge in [0.25, 0.3) is 0 Å². The van der Waals surface area contributed by atoms with E-state index in [0.717, 1.165) is 5.56 Å². The summed E-state index contributed by atoms with van der Waals surface area (Å²) >= 11 is 0. The zero-order chi connectivity index (χ0) is 15.4. The molecule has 0 aromatic heterocycles. The Morgan fingerprint density at radius 2 is 1.95 bits per heavy atom. The van der Waals surface area contributed by atoms with Gasteiger partial charge in [0.2, 0.25) is 0 Å². The van der Waals surface area contributed by atoms with E-state index >= 15 is 0 Å². The van der Waals surface area contributed by atoms with Crippen molar-refractivity contribution >= 4 is 5.97 Å². The molecule has 0 spiro atoms. The third-order valence-electron chi connectivity index (χ3n) is 3.27. The van der Waals surface area contributed by atoms with Crippen molar-refractivity contribution in [3.8, 4) is 0 Å². The summed E-state index contributed by atoms with van der Waals surface area (Å²) in [5.41, 5.74) is 0.732. The molecule has 1 heterocycles. The normalized spacial score (nSPS) is 30.1. The summed E-state index contributed by atoms with van der Waals surface area (Å²) < 4.78 is 10.00. The maximum atomic E-state index is 11.9. The maximum absolute atomic E-state index is 11.9. The Morgan fingerprint density at radius 3 is 2.57 bits per heavy atom. The van der Waals surface area contributed by atoms with Gasteiger partial charge in [0.05, 0.1) is 13.0 Å². The Hall–Kier alpha value is -1.51. The van der Waals surface area contributed by atoms with Gasteiger partial charge in [-0.1, -0.05) is 30.3 Å². The Balaban J connectivity index is 2.00. The van der Waals surface area contributed by atoms with Gasteiger partial charge in [-0.05, 0) is 5.56 Å². The second-order valence-electron chi connectivity index (χ2n) is 4.85. The summed E-state index contributed by atoms with van der Waals surface area (Å²) in [4.78, 5) is 11.9. The van der Waals surface area contributed by atoms with Gasteiger partial charge in [0.15, 0.2) is 12.4 Å². The van der Waals surface area contributed by atoms with Crippen molar-refractivity contribution in [2.75, 3.05) is 6.61 Å². The molecule has 7 heteroatoms. The van der Waals surface area contributed by atoms with Gasteiger partial charge in [-0.15, -0.1) is 0 Å². The van der Waals surface area contributed by atoms with E-state index in [1.807, 2.05) is 6.07 Å². The molecule has 1 aromatic rings. The van der Waals surface area contributed by atoms with Gasteiger partial charge in [-0.2, -0.15) is 0 Å². The Kier molecular flexibility index (Phi) is 5.27. The van der Waals surface area contributed by atoms with E-state index < -0.39 is 43.3 Å². The average Bonchev–Trinajstić information content (AvgIpc) is 2.76. The molecule has 0 radical (unpaired) electrons. The highest BCUT2D eigenvalue weighted by Gasteiger charge is 2.48. The van der Waals surface area contributed by atoms with Crippen LogP contribution < -0.4 is 0 Å². The molecule has 0 aliphatic carbocycles. The number of hydrogen-bond donors (Lipinski definition) is 4. The van der Waals surface area contributed by atoms with Crippen LogP contribution in [0.2, 0.25) is 0 Å². The largest absolute Gasteiger partial charge is 0.456 e. The van der Waals surface area contributed by atoms with Crippen molar-refractivity contribution in [1.82, 2.24) is 0 Å². The third-order valence-corrected chi connectivity index (χ3v) is 3.27. The van der Waals surface area contributed by atoms with Crippen molar-refractivity contribution in [3.05, 3.63) is 35.9 Å². The lowest BCUT2D eigenvalue weighted by atomic mass is 10.1. The quantitative estimate of drug-likeness (QED) is 0.493. The summed E-state index contributed by atoms with van der Waals surface area (Å²) in [6, 6.07) is 8.86. The summed E-state index contributed by atoms with van der Waals surface area (Å²) in [6.07, 6.45) is -6.85. The highest BCUT2D eigenvalue weighted by atomic mass is 16.7. The summed E-state index contributed by atoms with van der Waals surface area (Å²) in [5, 5.41) is 37.7. The first-order chi connectivity index (χ1) is 10.0. The minimum Gasteiger partial charge on any atom is -0.456 e. The second-order valence-corrected chi connectivity index (χ2v) is 4.85. The highest BCUT2D eigenvalue weighted by molar-refractivity contribution is 5.72. The van der Waals surface area contributed by atoms with Crippen LogP contribution in [0, 0.1) is 0 Å². The van der Waals surface area contributed by atoms with Crippen LogP contribution in [0.4, 0.5) is 0 Å². The molecule has 1 unspecified atom stereocenters. The summed E-state index contributed by atoms with van der Waals surface area (Å²) in [6.45, 7) is -0.642. The molecule has 0 saturated carbocycles. The first-order valence-corrected chi connectivity index (χ1v) is 6.57. The number of rotatable bonds is 5. The molecule has 116 valence electrons. The van der Waals surface area contributed by atoms with E-state index in [1.54, 1.807) is 24.3 Å². The molecular formula is C14H18O7. The van der Waals surface area contributed by atoms with Crippen LogP contribution in [0.25, 0.3) is 0 Å². The lowest BCUT2D eigenvalue weighted by Gasteiger charge is -2.23. The zero-order valence-electron chi connectivity index (χ0n) is 11.2. The number of carbonyl (C=O) groups is 1. The lowest BCUT2D eigenvalue weighted by Crippen LogP contribution is -2.43. The van der Waals surface area contributed by atoms with Crippen LogP contribution in [0.3, 0.4) is 0 Å². The zero-order valence-corrected chi connectivity index (χ0v) is 11.2. The molecule has 5 atom stereocenters. The van der Waals surface area contributed by atoms with E-state index in [9.17, 15) is 20.1 Å². The van der Waals surface area contributed by atoms with Crippen molar-refractivity contribution < 1.29 is 34.7 Å². The molecule has 4 N–H and O–H groups in total. The van der Waals surface area contributed by atoms with Gasteiger partial charge in [-0.25, -0.2) is 0 Å². The van der Waals surface area contributed by atoms with Crippen molar-refractivity contribution in [2.24, 2.45) is 0 Å². The van der Waals surface area contributed by atoms with Crippen molar-refractivity contribution in [2.45, 2.75) is 37.1 Å². The van der Waals surface area contributed by atoms with Crippen LogP contribution in [0.15, 0.2) is 30.3 Å². The number of aliphatic hydroxyl groups is 4. The van der Waals surface area contributed by atoms with E-state index in [2.05, 4.69) is 0 Å². The van der Waals surface area contributed by atoms with Gasteiger partial charge in [0, 0.05) is 0 Å². The fraction of sp³-hybridized carbons (Fsp3) is 0.500. The SMILES string of the molecule is O=C(Cc1ccccc1)O[C@H]1[C@@H]([C@H](O)CO)OC(O)[C@@H]1O. The first-order valence-electron chi connectivity index (χ1n) is 6.57. The number of aliphatic hydroxyl groups excluding tert-OH is 4. The molecule has 21 heavy (non-hydrogen) atoms. The van der Waals surface area contributed by atoms with Crippen LogP contribution >= 0.6 is 0 Å². The predicted octanol–water partition coefficient (Wildman–Crippen LogP) is -1.43. The van der Waals surface area contributed by atoms with Gasteiger partial charge < -0.3 is 29.9 Å². The highest BCUT2D eigenvalue weighted by Crippen LogP contribution is 2.25. The molecule has 1 aliphatic heterocycles. The standard InChI is InChI=1S/C14H18O7/c15-7-9(16)12-13(11(18)14(19)21-12)20-10(17)6-8-4-2-1-3-5-8/h1-5,9,11-16,18-19H,6-7H2/t9-,11-,12-,13-,14?/m1/s1. The van der Waals surface area contributed by atoms with Crippen LogP contribution in [0.1, 0.15) is 5.56 Å². The monoisotopic (exact) mass is 298 g/mol. The van der Waals surface area contributed by atoms with Gasteiger partial charge in [-0.3, -0.25) is 4.79 Å². The van der Waals surface area contributed by atoms with E-state index in [0.29, 0.717) is 0 Å². The van der Waals surface area contributed by atoms with E-state index in [1.165, 1.54) is 0 Å². The molecule has 0 amide bonds. The fourth-order valence-electron chi connectivity index (χ4n) is 2.18. The number of ether oxygens (including phenoxy) is 2. The minimum absolute atomic E-state index is 0.0118. The van der Waals surface area contributed by atoms with Gasteiger partial charge in [0.1, 0.15) is 18.3 Å². The van der Waals surface area contributed by atoms with Crippen LogP contribution in [-0.4, -0.2) is 63.7 Å². The molecule has 0 bridgehead atoms. The summed E-state index contributed by atoms with van der Waals surface area (Å²) in [7, 11) is 0. The topological polar surface area (TPSA) is 116 Å². The molecule has 1 saturated heterocycles. The molecule has 7 nitrogen and oxygen atoms in total. The molecular weight excluding hydrogens is 280 g/mol. The van der Waals surface area contributed by atoms with Gasteiger partial charge >= 0.3 is 5.97 Å². The average molecular weight is 298 g/mol. The molecule has 1 aromatic carbocycles. The number of hydrogen-bond acceptors (Lipinski definition) is 7. The van der Waals surface area contributed by atoms with Crippen molar-refractivity contribution in [3.63, 3.8) is 0 Å². The second kappa shape index (κ2) is 6.97. The smallest absolute Gasteiger partial charge is 0.310 e. The third kappa shape index (κ3) is 3.78. The number of carbonyl (C=O) groups excluding carboxylic acids is 1. The van der Waals surface area contributed by atoms with Crippen molar-refractivity contribution in [1.29, 1.82) is 0 Å². The number of benzene rings is 1. The molecule has 1 aliphatic rings. The fourth-order valence-corrected chi connectivity index (χ4v) is 2.18. The van der Waals surface area contributed by atoms with Crippen LogP contribution in [0.5, 0.6) is 0 Å². The first kappa shape index (κ1) is 15.9. The van der Waals surface area contributed by atoms with Crippen LogP contribution in [-0.2, 0) is 20.7 Å².